The quantitative estimate of drug-likeness (QED) is 0.465. The van der Waals surface area contributed by atoms with E-state index < -0.39 is 111 Å². The molecule has 2 aliphatic rings. The van der Waals surface area contributed by atoms with Crippen molar-refractivity contribution in [3.05, 3.63) is 64.2 Å². The third-order valence-corrected chi connectivity index (χ3v) is 6.53. The van der Waals surface area contributed by atoms with Crippen molar-refractivity contribution >= 4 is 23.1 Å². The Kier molecular flexibility index (Phi) is 5.44. The minimum atomic E-state index is -5.72. The highest BCUT2D eigenvalue weighted by Crippen LogP contribution is 2.32. The van der Waals surface area contributed by atoms with E-state index in [2.05, 4.69) is 15.3 Å². The van der Waals surface area contributed by atoms with Crippen LogP contribution in [0.25, 0.3) is 11.2 Å². The number of imidazole rings is 1. The van der Waals surface area contributed by atoms with Gasteiger partial charge in [0.05, 0.1) is 8.26 Å². The molecule has 2 aromatic heterocycles. The maximum atomic E-state index is 14.8. The second kappa shape index (κ2) is 10.9. The summed E-state index contributed by atoms with van der Waals surface area (Å²) in [7, 11) is 0. The maximum Gasteiger partial charge on any atom is 0.406 e. The molecular weight excluding hydrogens is 539 g/mol. The summed E-state index contributed by atoms with van der Waals surface area (Å²) >= 11 is 0. The van der Waals surface area contributed by atoms with Gasteiger partial charge in [-0.05, 0) is 49.4 Å². The molecule has 0 unspecified atom stereocenters. The molecule has 0 radical (unpaired) electrons. The van der Waals surface area contributed by atoms with E-state index in [0.29, 0.717) is 11.0 Å². The normalized spacial score (nSPS) is 28.4. The molecule has 214 valence electrons. The molecule has 2 saturated heterocycles. The van der Waals surface area contributed by atoms with Crippen molar-refractivity contribution in [3.63, 3.8) is 0 Å². The third kappa shape index (κ3) is 5.65. The van der Waals surface area contributed by atoms with Crippen LogP contribution < -0.4 is 11.0 Å². The number of aromatic nitrogens is 3. The summed E-state index contributed by atoms with van der Waals surface area (Å²) in [6.07, 6.45) is -11.0. The SMILES string of the molecule is [2H]C1([2H])CN(C(=O)N[C@@H]2CC[C@@]([2H])(c3cccc(F)c3F)CN(C([2H])([2H])C(F)(F)F)C2=O)CC([2H])([2H])C1n1c(=O)[nH]c2ncccc21. The number of alkyl halides is 3. The van der Waals surface area contributed by atoms with Gasteiger partial charge in [-0.1, -0.05) is 12.1 Å². The van der Waals surface area contributed by atoms with Gasteiger partial charge in [-0.2, -0.15) is 13.2 Å². The molecule has 2 N–H and O–H groups in total. The predicted molar refractivity (Wildman–Crippen MR) is 133 cm³/mol. The van der Waals surface area contributed by atoms with Crippen LogP contribution in [0.1, 0.15) is 52.7 Å². The molecule has 1 aromatic carbocycles. The molecule has 3 amide bonds. The Balaban J connectivity index is 1.45. The van der Waals surface area contributed by atoms with E-state index in [1.807, 2.05) is 0 Å². The molecule has 2 atom stereocenters. The van der Waals surface area contributed by atoms with Crippen LogP contribution in [-0.2, 0) is 4.79 Å². The van der Waals surface area contributed by atoms with E-state index >= 15 is 0 Å². The van der Waals surface area contributed by atoms with Crippen LogP contribution in [-0.4, -0.2) is 74.6 Å². The van der Waals surface area contributed by atoms with E-state index in [0.717, 1.165) is 16.7 Å². The number of nitrogens with zero attached hydrogens (tertiary/aromatic N) is 4. The molecule has 2 fully saturated rings. The Hall–Kier alpha value is -3.97. The molecule has 4 heterocycles. The third-order valence-electron chi connectivity index (χ3n) is 6.53. The van der Waals surface area contributed by atoms with Crippen LogP contribution in [0.2, 0.25) is 0 Å². The van der Waals surface area contributed by atoms with Crippen LogP contribution in [0.3, 0.4) is 0 Å². The van der Waals surface area contributed by atoms with Crippen molar-refractivity contribution in [2.75, 3.05) is 26.1 Å². The number of halogens is 5. The monoisotopic (exact) mass is 573 g/mol. The van der Waals surface area contributed by atoms with Crippen molar-refractivity contribution in [1.82, 2.24) is 29.7 Å². The molecule has 9 nitrogen and oxygen atoms in total. The largest absolute Gasteiger partial charge is 0.406 e. The summed E-state index contributed by atoms with van der Waals surface area (Å²) < 4.78 is 130. The van der Waals surface area contributed by atoms with Crippen molar-refractivity contribution in [3.8, 4) is 0 Å². The van der Waals surface area contributed by atoms with Gasteiger partial charge in [0.2, 0.25) is 5.91 Å². The number of carbonyl (C=O) groups is 2. The number of urea groups is 1. The fourth-order valence-electron chi connectivity index (χ4n) is 4.66. The first-order valence-electron chi connectivity index (χ1n) is 15.5. The number of likely N-dealkylation sites (tertiary alicyclic amines) is 2. The molecule has 0 aliphatic carbocycles. The zero-order valence-corrected chi connectivity index (χ0v) is 20.6. The summed E-state index contributed by atoms with van der Waals surface area (Å²) in [5.74, 6) is -7.17. The van der Waals surface area contributed by atoms with Gasteiger partial charge in [0, 0.05) is 44.6 Å². The summed E-state index contributed by atoms with van der Waals surface area (Å²) in [5, 5.41) is 2.11. The van der Waals surface area contributed by atoms with Crippen molar-refractivity contribution in [1.29, 1.82) is 0 Å². The molecule has 3 aromatic rings. The van der Waals surface area contributed by atoms with Gasteiger partial charge in [0.25, 0.3) is 0 Å². The Morgan fingerprint density at radius 2 is 1.93 bits per heavy atom. The number of hydrogen-bond donors (Lipinski definition) is 2. The minimum Gasteiger partial charge on any atom is -0.331 e. The Morgan fingerprint density at radius 3 is 2.65 bits per heavy atom. The lowest BCUT2D eigenvalue weighted by Crippen LogP contribution is -2.54. The average Bonchev–Trinajstić information content (AvgIpc) is 3.20. The summed E-state index contributed by atoms with van der Waals surface area (Å²) in [5.41, 5.74) is -1.47. The first-order chi connectivity index (χ1) is 21.6. The second-order valence-electron chi connectivity index (χ2n) is 9.12. The minimum absolute atomic E-state index is 0.0583. The van der Waals surface area contributed by atoms with E-state index in [1.54, 1.807) is 0 Å². The smallest absolute Gasteiger partial charge is 0.331 e. The lowest BCUT2D eigenvalue weighted by Gasteiger charge is -2.34. The highest BCUT2D eigenvalue weighted by Gasteiger charge is 2.40. The molecule has 14 heteroatoms. The van der Waals surface area contributed by atoms with E-state index in [1.165, 1.54) is 18.3 Å². The van der Waals surface area contributed by atoms with Crippen LogP contribution in [0.15, 0.2) is 41.3 Å². The topological polar surface area (TPSA) is 103 Å². The van der Waals surface area contributed by atoms with Crippen LogP contribution in [0.4, 0.5) is 26.7 Å². The molecule has 5 rings (SSSR count). The number of H-pyrrole nitrogens is 1. The number of amides is 3. The number of hydrogen-bond acceptors (Lipinski definition) is 4. The average molecular weight is 574 g/mol. The number of pyridine rings is 1. The van der Waals surface area contributed by atoms with Gasteiger partial charge >= 0.3 is 17.9 Å². The number of aromatic amines is 1. The van der Waals surface area contributed by atoms with Crippen LogP contribution in [0.5, 0.6) is 0 Å². The first-order valence-corrected chi connectivity index (χ1v) is 12.0. The molecule has 40 heavy (non-hydrogen) atoms. The summed E-state index contributed by atoms with van der Waals surface area (Å²) in [6, 6.07) is 0.392. The lowest BCUT2D eigenvalue weighted by molar-refractivity contribution is -0.162. The van der Waals surface area contributed by atoms with Gasteiger partial charge < -0.3 is 15.1 Å². The van der Waals surface area contributed by atoms with E-state index in [-0.39, 0.29) is 16.1 Å². The van der Waals surface area contributed by atoms with Crippen molar-refractivity contribution in [2.45, 2.75) is 49.7 Å². The maximum absolute atomic E-state index is 14.8. The standard InChI is InChI=1S/C26H27F5N6O3/c27-18-4-1-3-17(21(18)28)15-6-7-19(23(38)36(13-15)14-26(29,30)31)33-24(39)35-11-8-16(9-12-35)37-20-5-2-10-32-22(20)34-25(37)40/h1-5,10,15-16,19H,6-9,11-14H2,(H,33,39)(H,32,34,40)/t15-,19-/m1/s1/i8D2,9D2,14D2,15D. The zero-order chi connectivity index (χ0) is 34.9. The number of benzene rings is 1. The molecule has 0 bridgehead atoms. The van der Waals surface area contributed by atoms with Gasteiger partial charge in [0.15, 0.2) is 17.3 Å². The Morgan fingerprint density at radius 1 is 1.18 bits per heavy atom. The fourth-order valence-corrected chi connectivity index (χ4v) is 4.66. The molecule has 2 aliphatic heterocycles. The molecule has 0 saturated carbocycles. The van der Waals surface area contributed by atoms with Gasteiger partial charge in [-0.3, -0.25) is 14.3 Å². The number of rotatable bonds is 4. The highest BCUT2D eigenvalue weighted by atomic mass is 19.4. The van der Waals surface area contributed by atoms with Gasteiger partial charge in [-0.15, -0.1) is 0 Å². The first kappa shape index (κ1) is 20.0. The number of fused-ring (bicyclic) bond motifs is 1. The number of carbonyl (C=O) groups excluding carboxylic acids is 2. The number of nitrogens with one attached hydrogen (secondary N) is 2. The van der Waals surface area contributed by atoms with Gasteiger partial charge in [-0.25, -0.2) is 23.4 Å². The zero-order valence-electron chi connectivity index (χ0n) is 27.6. The second-order valence-corrected chi connectivity index (χ2v) is 9.12. The Labute approximate surface area is 234 Å². The van der Waals surface area contributed by atoms with E-state index in [4.69, 9.17) is 9.60 Å². The van der Waals surface area contributed by atoms with Gasteiger partial charge in [0.1, 0.15) is 12.5 Å². The Bertz CT molecular complexity index is 1770. The molecular formula is C26H27F5N6O3. The van der Waals surface area contributed by atoms with Crippen molar-refractivity contribution < 1.29 is 41.1 Å². The fraction of sp³-hybridized carbons (Fsp3) is 0.462. The molecule has 0 spiro atoms. The van der Waals surface area contributed by atoms with Crippen LogP contribution >= 0.6 is 0 Å². The van der Waals surface area contributed by atoms with Crippen molar-refractivity contribution in [2.24, 2.45) is 0 Å². The van der Waals surface area contributed by atoms with E-state index in [9.17, 15) is 36.3 Å². The van der Waals surface area contributed by atoms with Crippen LogP contribution in [0, 0.1) is 11.6 Å². The predicted octanol–water partition coefficient (Wildman–Crippen LogP) is 3.69. The highest BCUT2D eigenvalue weighted by molar-refractivity contribution is 5.87. The lowest BCUT2D eigenvalue weighted by atomic mass is 9.93. The summed E-state index contributed by atoms with van der Waals surface area (Å²) in [4.78, 5) is 46.3. The summed E-state index contributed by atoms with van der Waals surface area (Å²) in [6.45, 7) is -7.52. The number of piperidine rings is 1.